The minimum Gasteiger partial charge on any atom is -0.0623 e. The summed E-state index contributed by atoms with van der Waals surface area (Å²) < 4.78 is 0. The van der Waals surface area contributed by atoms with Gasteiger partial charge in [-0.05, 0) is 0 Å². The first-order valence-electron chi connectivity index (χ1n) is 6.07. The molecule has 1 fully saturated rings. The molecule has 1 saturated carbocycles. The number of hydrogen-bond donors (Lipinski definition) is 0. The quantitative estimate of drug-likeness (QED) is 0.268. The van der Waals surface area contributed by atoms with Crippen LogP contribution in [0.5, 0.6) is 0 Å². The first-order valence-corrected chi connectivity index (χ1v) is 33.9. The molecule has 1 aromatic rings. The average Bonchev–Trinajstić information content (AvgIpc) is 2.45. The van der Waals surface area contributed by atoms with Gasteiger partial charge in [-0.3, -0.25) is 0 Å². The van der Waals surface area contributed by atoms with Crippen molar-refractivity contribution in [2.75, 3.05) is 0 Å². The van der Waals surface area contributed by atoms with E-state index in [1.54, 1.807) is 0 Å². The van der Waals surface area contributed by atoms with Crippen LogP contribution >= 0.6 is 54.5 Å². The van der Waals surface area contributed by atoms with E-state index in [1.165, 1.54) is 38.5 Å². The molecule has 2 rings (SSSR count). The van der Waals surface area contributed by atoms with Crippen LogP contribution in [-0.2, 0) is 26.4 Å². The third-order valence-electron chi connectivity index (χ3n) is 2.17. The zero-order chi connectivity index (χ0) is 13.9. The van der Waals surface area contributed by atoms with E-state index in [9.17, 15) is 0 Å². The van der Waals surface area contributed by atoms with Crippen molar-refractivity contribution < 1.29 is 26.4 Å². The molecule has 1 aliphatic carbocycles. The maximum absolute atomic E-state index is 3.25. The predicted octanol–water partition coefficient (Wildman–Crippen LogP) is 7.40. The Hall–Kier alpha value is 2.39. The third kappa shape index (κ3) is 26.9. The number of halogens is 4. The molecule has 0 unspecified atom stereocenters. The fourth-order valence-corrected chi connectivity index (χ4v) is 1.45. The zero-order valence-corrected chi connectivity index (χ0v) is 22.9. The zero-order valence-electron chi connectivity index (χ0n) is 10.6. The van der Waals surface area contributed by atoms with Gasteiger partial charge in [-0.25, -0.2) is 0 Å². The number of hydrogen-bond acceptors (Lipinski definition) is 0. The van der Waals surface area contributed by atoms with Crippen molar-refractivity contribution in [1.29, 1.82) is 0 Å². The summed E-state index contributed by atoms with van der Waals surface area (Å²) in [5, 5.41) is 0. The smallest absolute Gasteiger partial charge is 0.0623 e. The molecule has 1 aliphatic rings. The second-order valence-electron chi connectivity index (χ2n) is 3.48. The first kappa shape index (κ1) is 22.7. The van der Waals surface area contributed by atoms with Crippen molar-refractivity contribution in [2.24, 2.45) is 0 Å². The van der Waals surface area contributed by atoms with E-state index in [2.05, 4.69) is 54.5 Å². The second-order valence-corrected chi connectivity index (χ2v) is 31.6. The van der Waals surface area contributed by atoms with Crippen LogP contribution in [0.4, 0.5) is 0 Å². The number of rotatable bonds is 0. The minimum absolute atomic E-state index is 0.250. The van der Waals surface area contributed by atoms with Crippen LogP contribution in [0, 0.1) is 0 Å². The molecule has 0 amide bonds. The van der Waals surface area contributed by atoms with Crippen molar-refractivity contribution >= 4 is 54.5 Å². The Labute approximate surface area is 153 Å². The van der Waals surface area contributed by atoms with Crippen LogP contribution in [0.1, 0.15) is 38.5 Å². The molecule has 98 valence electrons. The fourth-order valence-electron chi connectivity index (χ4n) is 1.45. The van der Waals surface area contributed by atoms with Gasteiger partial charge in [0.05, 0.1) is 0 Å². The molecule has 0 N–H and O–H groups in total. The van der Waals surface area contributed by atoms with Crippen molar-refractivity contribution in [3.05, 3.63) is 36.4 Å². The maximum Gasteiger partial charge on any atom is -0.0623 e. The topological polar surface area (TPSA) is 0 Å². The SMILES string of the molecule is C1CCCCC1.[Br][Zn][Br].[Br][Zn][Br].c1ccccc1. The molecule has 0 radical (unpaired) electrons. The van der Waals surface area contributed by atoms with Gasteiger partial charge in [0.15, 0.2) is 0 Å². The Morgan fingerprint density at radius 2 is 0.556 bits per heavy atom. The second kappa shape index (κ2) is 24.4. The summed E-state index contributed by atoms with van der Waals surface area (Å²) in [6, 6.07) is 12.0. The van der Waals surface area contributed by atoms with Crippen molar-refractivity contribution in [2.45, 2.75) is 38.5 Å². The molecule has 0 heterocycles. The first-order chi connectivity index (χ1) is 8.83. The van der Waals surface area contributed by atoms with Crippen LogP contribution in [0.15, 0.2) is 36.4 Å². The van der Waals surface area contributed by atoms with Gasteiger partial charge >= 0.3 is 80.9 Å². The normalized spacial score (nSPS) is 11.8. The number of benzene rings is 1. The molecule has 0 aliphatic heterocycles. The van der Waals surface area contributed by atoms with E-state index >= 15 is 0 Å². The Balaban J connectivity index is 0. The molecule has 0 bridgehead atoms. The van der Waals surface area contributed by atoms with Crippen LogP contribution in [-0.4, -0.2) is 0 Å². The molecule has 6 heteroatoms. The third-order valence-corrected chi connectivity index (χ3v) is 2.17. The van der Waals surface area contributed by atoms with E-state index in [0.29, 0.717) is 0 Å². The van der Waals surface area contributed by atoms with Crippen LogP contribution in [0.25, 0.3) is 0 Å². The standard InChI is InChI=1S/C6H12.C6H6.4BrH.2Zn/c2*1-2-4-6-5-3-1;;;;;;/h1-6H2;1-6H;4*1H;;/q;;;;;;2*+2/p-4. The molecular formula is C12H18Br4Zn2. The predicted molar refractivity (Wildman–Crippen MR) is 89.9 cm³/mol. The molecule has 0 aromatic heterocycles. The van der Waals surface area contributed by atoms with Crippen molar-refractivity contribution in [3.8, 4) is 0 Å². The van der Waals surface area contributed by atoms with Crippen LogP contribution in [0.2, 0.25) is 0 Å². The van der Waals surface area contributed by atoms with Gasteiger partial charge in [-0.15, -0.1) is 0 Å². The Bertz CT molecular complexity index is 168. The molecule has 0 atom stereocenters. The largest absolute Gasteiger partial charge is 0.0623 e. The summed E-state index contributed by atoms with van der Waals surface area (Å²) in [7, 11) is 0. The van der Waals surface area contributed by atoms with Crippen LogP contribution < -0.4 is 0 Å². The molecule has 0 saturated heterocycles. The summed E-state index contributed by atoms with van der Waals surface area (Å²) >= 11 is 12.5. The monoisotopic (exact) mass is 606 g/mol. The van der Waals surface area contributed by atoms with Gasteiger partial charge in [-0.1, -0.05) is 74.9 Å². The van der Waals surface area contributed by atoms with Crippen molar-refractivity contribution in [1.82, 2.24) is 0 Å². The summed E-state index contributed by atoms with van der Waals surface area (Å²) in [5.74, 6) is 0. The van der Waals surface area contributed by atoms with Gasteiger partial charge in [-0.2, -0.15) is 0 Å². The Kier molecular flexibility index (Phi) is 30.7. The van der Waals surface area contributed by atoms with E-state index in [1.807, 2.05) is 36.4 Å². The van der Waals surface area contributed by atoms with Gasteiger partial charge < -0.3 is 0 Å². The van der Waals surface area contributed by atoms with E-state index in [4.69, 9.17) is 0 Å². The van der Waals surface area contributed by atoms with Gasteiger partial charge in [0.25, 0.3) is 0 Å². The fraction of sp³-hybridized carbons (Fsp3) is 0.500. The summed E-state index contributed by atoms with van der Waals surface area (Å²) in [5.41, 5.74) is 0. The molecule has 1 aromatic carbocycles. The Morgan fingerprint density at radius 3 is 0.667 bits per heavy atom. The van der Waals surface area contributed by atoms with Gasteiger partial charge in [0.2, 0.25) is 0 Å². The maximum atomic E-state index is 3.25. The van der Waals surface area contributed by atoms with E-state index < -0.39 is 0 Å². The molecule has 0 nitrogen and oxygen atoms in total. The molecular weight excluding hydrogens is 595 g/mol. The summed E-state index contributed by atoms with van der Waals surface area (Å²) in [4.78, 5) is 0. The summed E-state index contributed by atoms with van der Waals surface area (Å²) in [6.45, 7) is 0. The Morgan fingerprint density at radius 1 is 0.444 bits per heavy atom. The van der Waals surface area contributed by atoms with Crippen molar-refractivity contribution in [3.63, 3.8) is 0 Å². The van der Waals surface area contributed by atoms with Gasteiger partial charge in [0, 0.05) is 0 Å². The van der Waals surface area contributed by atoms with E-state index in [0.717, 1.165) is 0 Å². The molecule has 18 heavy (non-hydrogen) atoms. The average molecular weight is 613 g/mol. The molecule has 0 spiro atoms. The van der Waals surface area contributed by atoms with Gasteiger partial charge in [0.1, 0.15) is 0 Å². The minimum atomic E-state index is -0.250. The summed E-state index contributed by atoms with van der Waals surface area (Å²) in [6.07, 6.45) is 9.00. The van der Waals surface area contributed by atoms with Crippen LogP contribution in [0.3, 0.4) is 0 Å². The van der Waals surface area contributed by atoms with E-state index in [-0.39, 0.29) is 26.4 Å².